The first-order valence-electron chi connectivity index (χ1n) is 4.02. The van der Waals surface area contributed by atoms with Crippen LogP contribution in [0.1, 0.15) is 5.56 Å². The van der Waals surface area contributed by atoms with Crippen LogP contribution in [0.3, 0.4) is 0 Å². The highest BCUT2D eigenvalue weighted by Gasteiger charge is 1.99. The normalized spacial score (nSPS) is 9.62. The van der Waals surface area contributed by atoms with Crippen LogP contribution in [0.15, 0.2) is 30.3 Å². The van der Waals surface area contributed by atoms with Gasteiger partial charge in [0.25, 0.3) is 0 Å². The summed E-state index contributed by atoms with van der Waals surface area (Å²) in [5.41, 5.74) is 0.986. The fraction of sp³-hybridized carbons (Fsp3) is 0.200. The number of esters is 1. The molecular weight excluding hydrogens is 166 g/mol. The van der Waals surface area contributed by atoms with Crippen molar-refractivity contribution in [2.75, 3.05) is 6.54 Å². The Morgan fingerprint density at radius 3 is 2.69 bits per heavy atom. The molecule has 0 heterocycles. The molecule has 0 spiro atoms. The van der Waals surface area contributed by atoms with Crippen LogP contribution in [-0.2, 0) is 16.1 Å². The van der Waals surface area contributed by atoms with Gasteiger partial charge in [0.05, 0.1) is 6.54 Å². The van der Waals surface area contributed by atoms with Gasteiger partial charge in [-0.1, -0.05) is 30.3 Å². The predicted molar refractivity (Wildman–Crippen MR) is 49.6 cm³/mol. The van der Waals surface area contributed by atoms with E-state index >= 15 is 0 Å². The zero-order chi connectivity index (χ0) is 9.52. The van der Waals surface area contributed by atoms with Gasteiger partial charge in [-0.3, -0.25) is 4.79 Å². The highest BCUT2D eigenvalue weighted by atomic mass is 16.5. The lowest BCUT2D eigenvalue weighted by molar-refractivity contribution is -0.143. The molecule has 1 N–H and O–H groups in total. The topological polar surface area (TPSA) is 38.3 Å². The van der Waals surface area contributed by atoms with Gasteiger partial charge in [0.2, 0.25) is 0 Å². The Hall–Kier alpha value is -1.35. The fourth-order valence-electron chi connectivity index (χ4n) is 0.891. The molecule has 0 bridgehead atoms. The monoisotopic (exact) mass is 178 g/mol. The van der Waals surface area contributed by atoms with E-state index < -0.39 is 0 Å². The summed E-state index contributed by atoms with van der Waals surface area (Å²) in [6.45, 7) is 0.466. The highest BCUT2D eigenvalue weighted by Crippen LogP contribution is 1.99. The molecule has 3 heteroatoms. The van der Waals surface area contributed by atoms with Crippen molar-refractivity contribution in [3.63, 3.8) is 0 Å². The average Bonchev–Trinajstić information content (AvgIpc) is 2.17. The van der Waals surface area contributed by atoms with Crippen molar-refractivity contribution in [2.45, 2.75) is 6.61 Å². The number of ether oxygens (including phenoxy) is 1. The van der Waals surface area contributed by atoms with Crippen molar-refractivity contribution < 1.29 is 9.53 Å². The van der Waals surface area contributed by atoms with E-state index in [4.69, 9.17) is 4.74 Å². The van der Waals surface area contributed by atoms with Crippen molar-refractivity contribution in [3.05, 3.63) is 42.9 Å². The second-order valence-electron chi connectivity index (χ2n) is 2.57. The average molecular weight is 178 g/mol. The summed E-state index contributed by atoms with van der Waals surface area (Å²) in [6, 6.07) is 9.55. The Morgan fingerprint density at radius 2 is 2.08 bits per heavy atom. The lowest BCUT2D eigenvalue weighted by atomic mass is 10.2. The number of carbonyl (C=O) groups excluding carboxylic acids is 1. The van der Waals surface area contributed by atoms with Crippen LogP contribution < -0.4 is 5.32 Å². The van der Waals surface area contributed by atoms with Crippen molar-refractivity contribution in [2.24, 2.45) is 0 Å². The van der Waals surface area contributed by atoms with E-state index in [9.17, 15) is 4.79 Å². The molecular formula is C10H12NO2. The van der Waals surface area contributed by atoms with Crippen LogP contribution in [0, 0.1) is 7.05 Å². The molecule has 1 aromatic rings. The number of carbonyl (C=O) groups is 1. The fourth-order valence-corrected chi connectivity index (χ4v) is 0.891. The Kier molecular flexibility index (Phi) is 3.99. The van der Waals surface area contributed by atoms with Crippen molar-refractivity contribution in [1.82, 2.24) is 5.32 Å². The van der Waals surface area contributed by atoms with Gasteiger partial charge >= 0.3 is 5.97 Å². The number of hydrogen-bond donors (Lipinski definition) is 1. The molecule has 0 saturated heterocycles. The smallest absolute Gasteiger partial charge is 0.320 e. The van der Waals surface area contributed by atoms with Gasteiger partial charge in [-0.2, -0.15) is 0 Å². The third kappa shape index (κ3) is 3.71. The Labute approximate surface area is 77.7 Å². The number of benzene rings is 1. The van der Waals surface area contributed by atoms with E-state index in [0.717, 1.165) is 5.56 Å². The standard InChI is InChI=1S/C10H12NO2/c1-11-7-10(12)13-8-9-5-3-2-4-6-9/h2-6,11H,1,7-8H2. The second kappa shape index (κ2) is 5.32. The molecule has 0 saturated carbocycles. The molecule has 0 unspecified atom stereocenters. The number of hydrogen-bond acceptors (Lipinski definition) is 3. The van der Waals surface area contributed by atoms with E-state index in [1.807, 2.05) is 30.3 Å². The third-order valence-electron chi connectivity index (χ3n) is 1.51. The molecule has 0 fully saturated rings. The quantitative estimate of drug-likeness (QED) is 0.702. The summed E-state index contributed by atoms with van der Waals surface area (Å²) in [4.78, 5) is 10.9. The summed E-state index contributed by atoms with van der Waals surface area (Å²) in [5, 5.41) is 2.48. The SMILES string of the molecule is [CH2]NCC(=O)OCc1ccccc1. The first-order chi connectivity index (χ1) is 6.33. The molecule has 0 amide bonds. The molecule has 1 radical (unpaired) electrons. The Bertz CT molecular complexity index is 259. The molecule has 0 atom stereocenters. The lowest BCUT2D eigenvalue weighted by Gasteiger charge is -2.03. The highest BCUT2D eigenvalue weighted by molar-refractivity contribution is 5.71. The minimum atomic E-state index is -0.293. The van der Waals surface area contributed by atoms with Crippen molar-refractivity contribution in [3.8, 4) is 0 Å². The van der Waals surface area contributed by atoms with Gasteiger partial charge < -0.3 is 10.1 Å². The zero-order valence-electron chi connectivity index (χ0n) is 7.32. The van der Waals surface area contributed by atoms with Crippen LogP contribution in [-0.4, -0.2) is 12.5 Å². The third-order valence-corrected chi connectivity index (χ3v) is 1.51. The zero-order valence-corrected chi connectivity index (χ0v) is 7.32. The van der Waals surface area contributed by atoms with Gasteiger partial charge in [-0.05, 0) is 5.56 Å². The van der Waals surface area contributed by atoms with Crippen LogP contribution in [0.25, 0.3) is 0 Å². The second-order valence-corrected chi connectivity index (χ2v) is 2.57. The summed E-state index contributed by atoms with van der Waals surface area (Å²) < 4.78 is 4.93. The van der Waals surface area contributed by atoms with Crippen LogP contribution in [0.4, 0.5) is 0 Å². The maximum atomic E-state index is 10.9. The van der Waals surface area contributed by atoms with Gasteiger partial charge in [0.15, 0.2) is 0 Å². The molecule has 0 aliphatic carbocycles. The minimum Gasteiger partial charge on any atom is -0.460 e. The first kappa shape index (κ1) is 9.74. The first-order valence-corrected chi connectivity index (χ1v) is 4.02. The molecule has 0 aliphatic heterocycles. The number of rotatable bonds is 4. The Morgan fingerprint density at radius 1 is 1.38 bits per heavy atom. The predicted octanol–water partition coefficient (Wildman–Crippen LogP) is 1.11. The number of nitrogens with one attached hydrogen (secondary N) is 1. The van der Waals surface area contributed by atoms with Gasteiger partial charge in [0, 0.05) is 7.05 Å². The molecule has 3 nitrogen and oxygen atoms in total. The molecule has 13 heavy (non-hydrogen) atoms. The molecule has 1 aromatic carbocycles. The maximum Gasteiger partial charge on any atom is 0.320 e. The van der Waals surface area contributed by atoms with Crippen molar-refractivity contribution >= 4 is 5.97 Å². The van der Waals surface area contributed by atoms with E-state index in [1.54, 1.807) is 0 Å². The summed E-state index contributed by atoms with van der Waals surface area (Å²) in [6.07, 6.45) is 0. The maximum absolute atomic E-state index is 10.9. The molecule has 0 aliphatic rings. The summed E-state index contributed by atoms with van der Waals surface area (Å²) >= 11 is 0. The molecule has 69 valence electrons. The summed E-state index contributed by atoms with van der Waals surface area (Å²) in [7, 11) is 3.33. The van der Waals surface area contributed by atoms with Gasteiger partial charge in [-0.25, -0.2) is 0 Å². The van der Waals surface area contributed by atoms with E-state index in [0.29, 0.717) is 6.61 Å². The van der Waals surface area contributed by atoms with E-state index in [1.165, 1.54) is 0 Å². The lowest BCUT2D eigenvalue weighted by Crippen LogP contribution is -2.19. The van der Waals surface area contributed by atoms with Crippen molar-refractivity contribution in [1.29, 1.82) is 0 Å². The Balaban J connectivity index is 2.31. The largest absolute Gasteiger partial charge is 0.460 e. The molecule has 0 aromatic heterocycles. The minimum absolute atomic E-state index is 0.146. The van der Waals surface area contributed by atoms with Crippen LogP contribution in [0.2, 0.25) is 0 Å². The summed E-state index contributed by atoms with van der Waals surface area (Å²) in [5.74, 6) is -0.293. The molecule has 1 rings (SSSR count). The van der Waals surface area contributed by atoms with Gasteiger partial charge in [-0.15, -0.1) is 0 Å². The van der Waals surface area contributed by atoms with Gasteiger partial charge in [0.1, 0.15) is 6.61 Å². The van der Waals surface area contributed by atoms with E-state index in [2.05, 4.69) is 12.4 Å². The van der Waals surface area contributed by atoms with Crippen LogP contribution in [0.5, 0.6) is 0 Å². The van der Waals surface area contributed by atoms with Crippen LogP contribution >= 0.6 is 0 Å². The van der Waals surface area contributed by atoms with E-state index in [-0.39, 0.29) is 12.5 Å².